The number of hydrogen-bond acceptors (Lipinski definition) is 4. The molecule has 148 valence electrons. The Labute approximate surface area is 173 Å². The number of carbonyl (C=O) groups excluding carboxylic acids is 2. The third kappa shape index (κ3) is 5.53. The van der Waals surface area contributed by atoms with Gasteiger partial charge in [-0.1, -0.05) is 41.4 Å². The van der Waals surface area contributed by atoms with Crippen molar-refractivity contribution >= 4 is 35.0 Å². The number of halogens is 2. The van der Waals surface area contributed by atoms with Gasteiger partial charge in [0.25, 0.3) is 11.8 Å². The lowest BCUT2D eigenvalue weighted by atomic mass is 10.3. The second-order valence-electron chi connectivity index (χ2n) is 6.23. The molecule has 1 saturated heterocycles. The van der Waals surface area contributed by atoms with E-state index in [1.54, 1.807) is 40.1 Å². The highest BCUT2D eigenvalue weighted by molar-refractivity contribution is 6.35. The van der Waals surface area contributed by atoms with Gasteiger partial charge in [0.15, 0.2) is 13.2 Å². The number of rotatable bonds is 6. The molecule has 0 N–H and O–H groups in total. The molecule has 0 bridgehead atoms. The van der Waals surface area contributed by atoms with Crippen LogP contribution in [0, 0.1) is 0 Å². The Morgan fingerprint density at radius 2 is 1.39 bits per heavy atom. The van der Waals surface area contributed by atoms with Gasteiger partial charge in [-0.25, -0.2) is 0 Å². The summed E-state index contributed by atoms with van der Waals surface area (Å²) in [6, 6.07) is 14.0. The second kappa shape index (κ2) is 9.66. The maximum Gasteiger partial charge on any atom is 0.260 e. The van der Waals surface area contributed by atoms with Crippen molar-refractivity contribution in [3.8, 4) is 11.5 Å². The quantitative estimate of drug-likeness (QED) is 0.717. The molecule has 6 nitrogen and oxygen atoms in total. The minimum Gasteiger partial charge on any atom is -0.484 e. The molecule has 1 aliphatic heterocycles. The van der Waals surface area contributed by atoms with Crippen LogP contribution in [0.25, 0.3) is 0 Å². The van der Waals surface area contributed by atoms with Crippen molar-refractivity contribution < 1.29 is 19.1 Å². The predicted molar refractivity (Wildman–Crippen MR) is 107 cm³/mol. The first kappa shape index (κ1) is 20.3. The SMILES string of the molecule is O=C(COc1ccccc1)N1CCN(C(=O)COc2ccc(Cl)cc2Cl)CC1. The van der Waals surface area contributed by atoms with Crippen LogP contribution in [0.15, 0.2) is 48.5 Å². The lowest BCUT2D eigenvalue weighted by Crippen LogP contribution is -2.52. The normalized spacial score (nSPS) is 13.9. The van der Waals surface area contributed by atoms with Crippen molar-refractivity contribution in [1.29, 1.82) is 0 Å². The van der Waals surface area contributed by atoms with Gasteiger partial charge in [-0.15, -0.1) is 0 Å². The molecule has 3 rings (SSSR count). The summed E-state index contributed by atoms with van der Waals surface area (Å²) < 4.78 is 11.0. The molecule has 0 radical (unpaired) electrons. The van der Waals surface area contributed by atoms with Gasteiger partial charge in [0, 0.05) is 31.2 Å². The van der Waals surface area contributed by atoms with Crippen LogP contribution in [-0.2, 0) is 9.59 Å². The second-order valence-corrected chi connectivity index (χ2v) is 7.07. The van der Waals surface area contributed by atoms with Crippen molar-refractivity contribution in [3.63, 3.8) is 0 Å². The molecule has 0 spiro atoms. The maximum absolute atomic E-state index is 12.3. The average Bonchev–Trinajstić information content (AvgIpc) is 2.72. The van der Waals surface area contributed by atoms with E-state index in [2.05, 4.69) is 0 Å². The van der Waals surface area contributed by atoms with E-state index in [0.717, 1.165) is 0 Å². The van der Waals surface area contributed by atoms with Crippen LogP contribution in [0.2, 0.25) is 10.0 Å². The molecule has 2 aromatic rings. The third-order valence-corrected chi connectivity index (χ3v) is 4.87. The summed E-state index contributed by atoms with van der Waals surface area (Å²) in [5.41, 5.74) is 0. The zero-order chi connectivity index (χ0) is 19.9. The summed E-state index contributed by atoms with van der Waals surface area (Å²) in [7, 11) is 0. The van der Waals surface area contributed by atoms with Crippen molar-refractivity contribution in [1.82, 2.24) is 9.80 Å². The number of nitrogens with zero attached hydrogens (tertiary/aromatic N) is 2. The fourth-order valence-corrected chi connectivity index (χ4v) is 3.24. The predicted octanol–water partition coefficient (Wildman–Crippen LogP) is 3.12. The van der Waals surface area contributed by atoms with Crippen molar-refractivity contribution in [3.05, 3.63) is 58.6 Å². The maximum atomic E-state index is 12.3. The first-order valence-electron chi connectivity index (χ1n) is 8.84. The highest BCUT2D eigenvalue weighted by Crippen LogP contribution is 2.27. The van der Waals surface area contributed by atoms with Crippen LogP contribution in [-0.4, -0.2) is 61.0 Å². The van der Waals surface area contributed by atoms with Gasteiger partial charge >= 0.3 is 0 Å². The van der Waals surface area contributed by atoms with E-state index >= 15 is 0 Å². The van der Waals surface area contributed by atoms with E-state index in [-0.39, 0.29) is 25.0 Å². The number of para-hydroxylation sites is 1. The molecule has 8 heteroatoms. The Morgan fingerprint density at radius 1 is 0.821 bits per heavy atom. The molecule has 0 aromatic heterocycles. The molecule has 2 amide bonds. The van der Waals surface area contributed by atoms with Crippen LogP contribution in [0.5, 0.6) is 11.5 Å². The molecular formula is C20H20Cl2N2O4. The number of ether oxygens (including phenoxy) is 2. The summed E-state index contributed by atoms with van der Waals surface area (Å²) in [5, 5.41) is 0.856. The first-order valence-corrected chi connectivity index (χ1v) is 9.60. The van der Waals surface area contributed by atoms with Gasteiger partial charge < -0.3 is 19.3 Å². The minimum absolute atomic E-state index is 0.0177. The molecule has 0 atom stereocenters. The molecule has 2 aromatic carbocycles. The standard InChI is InChI=1S/C20H20Cl2N2O4/c21-15-6-7-18(17(22)12-15)28-14-20(26)24-10-8-23(9-11-24)19(25)13-27-16-4-2-1-3-5-16/h1-7,12H,8-11,13-14H2. The van der Waals surface area contributed by atoms with Crippen molar-refractivity contribution in [2.45, 2.75) is 0 Å². The Hall–Kier alpha value is -2.44. The van der Waals surface area contributed by atoms with E-state index in [0.29, 0.717) is 47.7 Å². The number of benzene rings is 2. The molecule has 1 fully saturated rings. The Balaban J connectivity index is 1.41. The average molecular weight is 423 g/mol. The van der Waals surface area contributed by atoms with E-state index in [9.17, 15) is 9.59 Å². The van der Waals surface area contributed by atoms with Crippen LogP contribution in [0.4, 0.5) is 0 Å². The molecule has 1 aliphatic rings. The monoisotopic (exact) mass is 422 g/mol. The first-order chi connectivity index (χ1) is 13.5. The molecule has 0 saturated carbocycles. The van der Waals surface area contributed by atoms with Crippen molar-refractivity contribution in [2.75, 3.05) is 39.4 Å². The highest BCUT2D eigenvalue weighted by Gasteiger charge is 2.24. The molecular weight excluding hydrogens is 403 g/mol. The third-order valence-electron chi connectivity index (χ3n) is 4.34. The largest absolute Gasteiger partial charge is 0.484 e. The molecule has 0 unspecified atom stereocenters. The number of hydrogen-bond donors (Lipinski definition) is 0. The van der Waals surface area contributed by atoms with Gasteiger partial charge in [0.05, 0.1) is 5.02 Å². The lowest BCUT2D eigenvalue weighted by molar-refractivity contribution is -0.141. The zero-order valence-electron chi connectivity index (χ0n) is 15.1. The summed E-state index contributed by atoms with van der Waals surface area (Å²) in [5.74, 6) is 0.813. The van der Waals surface area contributed by atoms with E-state index in [1.165, 1.54) is 0 Å². The van der Waals surface area contributed by atoms with Gasteiger partial charge in [-0.05, 0) is 30.3 Å². The number of amides is 2. The van der Waals surface area contributed by atoms with Crippen LogP contribution in [0.1, 0.15) is 0 Å². The Morgan fingerprint density at radius 3 is 1.96 bits per heavy atom. The number of piperazine rings is 1. The van der Waals surface area contributed by atoms with Crippen LogP contribution >= 0.6 is 23.2 Å². The van der Waals surface area contributed by atoms with Gasteiger partial charge in [0.1, 0.15) is 11.5 Å². The van der Waals surface area contributed by atoms with Gasteiger partial charge in [-0.3, -0.25) is 9.59 Å². The van der Waals surface area contributed by atoms with Gasteiger partial charge in [-0.2, -0.15) is 0 Å². The van der Waals surface area contributed by atoms with Crippen LogP contribution < -0.4 is 9.47 Å². The molecule has 1 heterocycles. The smallest absolute Gasteiger partial charge is 0.260 e. The minimum atomic E-state index is -0.154. The summed E-state index contributed by atoms with van der Waals surface area (Å²) in [6.07, 6.45) is 0. The topological polar surface area (TPSA) is 59.1 Å². The Bertz CT molecular complexity index is 824. The number of carbonyl (C=O) groups is 2. The summed E-state index contributed by atoms with van der Waals surface area (Å²) in [6.45, 7) is 1.69. The highest BCUT2D eigenvalue weighted by atomic mass is 35.5. The fourth-order valence-electron chi connectivity index (χ4n) is 2.78. The summed E-state index contributed by atoms with van der Waals surface area (Å²) in [4.78, 5) is 28.0. The molecule has 28 heavy (non-hydrogen) atoms. The molecule has 0 aliphatic carbocycles. The van der Waals surface area contributed by atoms with E-state index in [1.807, 2.05) is 18.2 Å². The summed E-state index contributed by atoms with van der Waals surface area (Å²) >= 11 is 11.9. The Kier molecular flexibility index (Phi) is 7.01. The lowest BCUT2D eigenvalue weighted by Gasteiger charge is -2.34. The van der Waals surface area contributed by atoms with Crippen LogP contribution in [0.3, 0.4) is 0 Å². The fraction of sp³-hybridized carbons (Fsp3) is 0.300. The van der Waals surface area contributed by atoms with Crippen molar-refractivity contribution in [2.24, 2.45) is 0 Å². The zero-order valence-corrected chi connectivity index (χ0v) is 16.7. The van der Waals surface area contributed by atoms with E-state index < -0.39 is 0 Å². The van der Waals surface area contributed by atoms with E-state index in [4.69, 9.17) is 32.7 Å². The van der Waals surface area contributed by atoms with Gasteiger partial charge in [0.2, 0.25) is 0 Å².